The van der Waals surface area contributed by atoms with Crippen LogP contribution in [0.1, 0.15) is 0 Å². The molecule has 0 aromatic carbocycles. The summed E-state index contributed by atoms with van der Waals surface area (Å²) in [5.74, 6) is -0.648. The molecule has 0 fully saturated rings. The van der Waals surface area contributed by atoms with E-state index in [-0.39, 0.29) is 12.5 Å². The molecule has 4 nitrogen and oxygen atoms in total. The number of carboxylic acid groups (broad SMARTS) is 1. The monoisotopic (exact) mass is 165 g/mol. The quantitative estimate of drug-likeness (QED) is 0.382. The number of methoxy groups -OCH3 is 1. The zero-order chi connectivity index (χ0) is 7.98. The summed E-state index contributed by atoms with van der Waals surface area (Å²) < 4.78 is 4.62. The molecule has 0 heterocycles. The molecule has 10 heavy (non-hydrogen) atoms. The van der Waals surface area contributed by atoms with E-state index in [1.165, 1.54) is 7.11 Å². The summed E-state index contributed by atoms with van der Waals surface area (Å²) in [4.78, 5) is 10.3. The molecule has 1 atom stereocenters. The van der Waals surface area contributed by atoms with Gasteiger partial charge < -0.3 is 9.84 Å². The normalized spacial score (nSPS) is 13.0. The van der Waals surface area contributed by atoms with E-state index in [1.807, 2.05) is 0 Å². The number of carbonyl (C=O) groups is 1. The van der Waals surface area contributed by atoms with Crippen molar-refractivity contribution >= 4 is 18.6 Å². The molecular weight excluding hydrogens is 154 g/mol. The van der Waals surface area contributed by atoms with E-state index in [2.05, 4.69) is 22.7 Å². The van der Waals surface area contributed by atoms with E-state index in [0.29, 0.717) is 0 Å². The van der Waals surface area contributed by atoms with E-state index >= 15 is 0 Å². The first-order valence-electron chi connectivity index (χ1n) is 2.78. The van der Waals surface area contributed by atoms with Crippen LogP contribution in [0.2, 0.25) is 0 Å². The number of hydrogen-bond donors (Lipinski definition) is 3. The highest BCUT2D eigenvalue weighted by molar-refractivity contribution is 7.80. The van der Waals surface area contributed by atoms with Crippen molar-refractivity contribution in [1.82, 2.24) is 5.32 Å². The van der Waals surface area contributed by atoms with Gasteiger partial charge in [0, 0.05) is 12.9 Å². The van der Waals surface area contributed by atoms with E-state index in [1.54, 1.807) is 0 Å². The fourth-order valence-corrected chi connectivity index (χ4v) is 0.699. The number of rotatable bonds is 5. The molecule has 1 unspecified atom stereocenters. The van der Waals surface area contributed by atoms with Gasteiger partial charge >= 0.3 is 5.97 Å². The van der Waals surface area contributed by atoms with Gasteiger partial charge in [0.05, 0.1) is 6.73 Å². The van der Waals surface area contributed by atoms with Crippen molar-refractivity contribution in [2.45, 2.75) is 6.04 Å². The van der Waals surface area contributed by atoms with Crippen molar-refractivity contribution in [3.05, 3.63) is 0 Å². The molecule has 0 radical (unpaired) electrons. The highest BCUT2D eigenvalue weighted by atomic mass is 32.1. The minimum Gasteiger partial charge on any atom is -0.480 e. The molecule has 0 aliphatic rings. The van der Waals surface area contributed by atoms with Crippen LogP contribution in [0.15, 0.2) is 0 Å². The highest BCUT2D eigenvalue weighted by Gasteiger charge is 2.12. The lowest BCUT2D eigenvalue weighted by Crippen LogP contribution is -2.39. The molecular formula is C5H11NO3S. The second-order valence-corrected chi connectivity index (χ2v) is 2.08. The molecule has 2 N–H and O–H groups in total. The predicted octanol–water partition coefficient (Wildman–Crippen LogP) is -0.437. The van der Waals surface area contributed by atoms with Gasteiger partial charge in [0.15, 0.2) is 0 Å². The summed E-state index contributed by atoms with van der Waals surface area (Å²) in [6.45, 7) is 0.234. The van der Waals surface area contributed by atoms with Crippen LogP contribution in [0.3, 0.4) is 0 Å². The summed E-state index contributed by atoms with van der Waals surface area (Å²) in [6.07, 6.45) is 0. The van der Waals surface area contributed by atoms with Crippen molar-refractivity contribution in [3.63, 3.8) is 0 Å². The average Bonchev–Trinajstić information content (AvgIpc) is 1.89. The first kappa shape index (κ1) is 9.74. The van der Waals surface area contributed by atoms with Crippen molar-refractivity contribution < 1.29 is 14.6 Å². The summed E-state index contributed by atoms with van der Waals surface area (Å²) in [7, 11) is 1.49. The standard InChI is InChI=1S/C5H11NO3S/c1-9-3-6-4(2-10)5(7)8/h4,6,10H,2-3H2,1H3,(H,7,8). The molecule has 5 heteroatoms. The number of ether oxygens (including phenoxy) is 1. The Bertz CT molecular complexity index is 109. The van der Waals surface area contributed by atoms with Gasteiger partial charge in [-0.05, 0) is 0 Å². The smallest absolute Gasteiger partial charge is 0.321 e. The molecule has 0 rings (SSSR count). The summed E-state index contributed by atoms with van der Waals surface area (Å²) in [6, 6.07) is -0.622. The van der Waals surface area contributed by atoms with Crippen molar-refractivity contribution in [2.24, 2.45) is 0 Å². The zero-order valence-corrected chi connectivity index (χ0v) is 6.60. The molecule has 0 saturated carbocycles. The van der Waals surface area contributed by atoms with E-state index in [9.17, 15) is 4.79 Å². The lowest BCUT2D eigenvalue weighted by atomic mass is 10.3. The highest BCUT2D eigenvalue weighted by Crippen LogP contribution is 1.86. The third-order valence-corrected chi connectivity index (χ3v) is 1.32. The van der Waals surface area contributed by atoms with Gasteiger partial charge in [0.1, 0.15) is 6.04 Å². The van der Waals surface area contributed by atoms with Crippen LogP contribution in [0, 0.1) is 0 Å². The van der Waals surface area contributed by atoms with Gasteiger partial charge in [-0.1, -0.05) is 0 Å². The van der Waals surface area contributed by atoms with E-state index in [0.717, 1.165) is 0 Å². The Balaban J connectivity index is 3.50. The predicted molar refractivity (Wildman–Crippen MR) is 40.3 cm³/mol. The van der Waals surface area contributed by atoms with Crippen LogP contribution in [0.25, 0.3) is 0 Å². The van der Waals surface area contributed by atoms with Gasteiger partial charge in [-0.2, -0.15) is 12.6 Å². The Morgan fingerprint density at radius 2 is 2.50 bits per heavy atom. The Morgan fingerprint density at radius 3 is 2.80 bits per heavy atom. The molecule has 0 saturated heterocycles. The second kappa shape index (κ2) is 5.52. The maximum atomic E-state index is 10.3. The van der Waals surface area contributed by atoms with Crippen molar-refractivity contribution in [3.8, 4) is 0 Å². The summed E-state index contributed by atoms with van der Waals surface area (Å²) in [5.41, 5.74) is 0. The topological polar surface area (TPSA) is 58.6 Å². The molecule has 0 aliphatic heterocycles. The third kappa shape index (κ3) is 3.71. The first-order valence-corrected chi connectivity index (χ1v) is 3.41. The van der Waals surface area contributed by atoms with Gasteiger partial charge in [0.25, 0.3) is 0 Å². The Labute approximate surface area is 65.0 Å². The Kier molecular flexibility index (Phi) is 5.38. The fourth-order valence-electron chi connectivity index (χ4n) is 0.414. The molecule has 0 aromatic rings. The first-order chi connectivity index (χ1) is 4.72. The third-order valence-electron chi connectivity index (χ3n) is 0.955. The van der Waals surface area contributed by atoms with Crippen molar-refractivity contribution in [2.75, 3.05) is 19.6 Å². The van der Waals surface area contributed by atoms with Crippen LogP contribution in [0.5, 0.6) is 0 Å². The van der Waals surface area contributed by atoms with E-state index in [4.69, 9.17) is 5.11 Å². The van der Waals surface area contributed by atoms with Gasteiger partial charge in [0.2, 0.25) is 0 Å². The van der Waals surface area contributed by atoms with Crippen molar-refractivity contribution in [1.29, 1.82) is 0 Å². The Morgan fingerprint density at radius 1 is 1.90 bits per heavy atom. The minimum atomic E-state index is -0.910. The second-order valence-electron chi connectivity index (χ2n) is 1.71. The number of aliphatic carboxylic acids is 1. The number of hydrogen-bond acceptors (Lipinski definition) is 4. The number of carboxylic acids is 1. The van der Waals surface area contributed by atoms with Crippen LogP contribution in [-0.2, 0) is 9.53 Å². The average molecular weight is 165 g/mol. The maximum Gasteiger partial charge on any atom is 0.321 e. The number of thiol groups is 1. The summed E-state index contributed by atoms with van der Waals surface area (Å²) >= 11 is 3.83. The molecule has 0 bridgehead atoms. The SMILES string of the molecule is COCNC(CS)C(=O)O. The molecule has 0 aliphatic carbocycles. The fraction of sp³-hybridized carbons (Fsp3) is 0.800. The van der Waals surface area contributed by atoms with Gasteiger partial charge in [-0.25, -0.2) is 0 Å². The Hall–Kier alpha value is -0.260. The molecule has 60 valence electrons. The number of nitrogens with one attached hydrogen (secondary N) is 1. The molecule has 0 amide bonds. The maximum absolute atomic E-state index is 10.3. The lowest BCUT2D eigenvalue weighted by Gasteiger charge is -2.09. The van der Waals surface area contributed by atoms with E-state index < -0.39 is 12.0 Å². The van der Waals surface area contributed by atoms with Gasteiger partial charge in [-0.15, -0.1) is 0 Å². The van der Waals surface area contributed by atoms with Crippen LogP contribution < -0.4 is 5.32 Å². The van der Waals surface area contributed by atoms with Gasteiger partial charge in [-0.3, -0.25) is 10.1 Å². The van der Waals surface area contributed by atoms with Crippen LogP contribution >= 0.6 is 12.6 Å². The lowest BCUT2D eigenvalue weighted by molar-refractivity contribution is -0.139. The van der Waals surface area contributed by atoms with Crippen LogP contribution in [0.4, 0.5) is 0 Å². The molecule has 0 aromatic heterocycles. The minimum absolute atomic E-state index is 0.234. The molecule has 0 spiro atoms. The van der Waals surface area contributed by atoms with Crippen LogP contribution in [-0.4, -0.2) is 36.7 Å². The summed E-state index contributed by atoms with van der Waals surface area (Å²) in [5, 5.41) is 11.1. The largest absolute Gasteiger partial charge is 0.480 e. The zero-order valence-electron chi connectivity index (χ0n) is 5.70.